The van der Waals surface area contributed by atoms with Gasteiger partial charge in [-0.1, -0.05) is 19.9 Å². The number of piperazine rings is 1. The molecular weight excluding hydrogens is 629 g/mol. The Bertz CT molecular complexity index is 1820. The molecule has 0 radical (unpaired) electrons. The van der Waals surface area contributed by atoms with Gasteiger partial charge in [0, 0.05) is 54.5 Å². The Morgan fingerprint density at radius 1 is 1.15 bits per heavy atom. The van der Waals surface area contributed by atoms with Crippen LogP contribution in [0.5, 0.6) is 6.01 Å². The van der Waals surface area contributed by atoms with E-state index in [4.69, 9.17) is 10.5 Å². The molecule has 3 saturated heterocycles. The first kappa shape index (κ1) is 33.1. The van der Waals surface area contributed by atoms with Crippen molar-refractivity contribution >= 4 is 49.1 Å². The molecule has 0 aliphatic carbocycles. The lowest BCUT2D eigenvalue weighted by atomic mass is 9.92. The fraction of sp³-hybridized carbons (Fsp3) is 0.419. The van der Waals surface area contributed by atoms with Crippen LogP contribution in [0.15, 0.2) is 18.2 Å². The number of halogens is 5. The molecule has 4 aromatic rings. The van der Waals surface area contributed by atoms with Crippen LogP contribution in [-0.4, -0.2) is 54.7 Å². The highest BCUT2D eigenvalue weighted by Gasteiger charge is 2.39. The summed E-state index contributed by atoms with van der Waals surface area (Å²) < 4.78 is 79.7. The maximum atomic E-state index is 16.4. The van der Waals surface area contributed by atoms with E-state index in [9.17, 15) is 27.6 Å². The third-order valence-electron chi connectivity index (χ3n) is 8.00. The van der Waals surface area contributed by atoms with Crippen LogP contribution in [0.1, 0.15) is 50.7 Å². The smallest absolute Gasteiger partial charge is 0.417 e. The van der Waals surface area contributed by atoms with E-state index in [2.05, 4.69) is 20.6 Å². The van der Waals surface area contributed by atoms with Gasteiger partial charge >= 0.3 is 12.2 Å². The van der Waals surface area contributed by atoms with Crippen LogP contribution in [0, 0.1) is 23.0 Å². The molecule has 244 valence electrons. The van der Waals surface area contributed by atoms with Crippen molar-refractivity contribution in [3.05, 3.63) is 41.0 Å². The summed E-state index contributed by atoms with van der Waals surface area (Å²) in [6, 6.07) is 4.66. The number of methoxy groups -OCH3 is 1. The minimum absolute atomic E-state index is 0.0803. The molecule has 5 heterocycles. The molecule has 4 N–H and O–H groups in total. The van der Waals surface area contributed by atoms with Crippen molar-refractivity contribution in [3.63, 3.8) is 0 Å². The number of fused-ring (bicyclic) bond motifs is 4. The zero-order valence-electron chi connectivity index (χ0n) is 25.3. The van der Waals surface area contributed by atoms with E-state index < -0.39 is 28.9 Å². The van der Waals surface area contributed by atoms with Gasteiger partial charge in [-0.25, -0.2) is 8.78 Å². The fourth-order valence-corrected chi connectivity index (χ4v) is 7.00. The fourth-order valence-electron chi connectivity index (χ4n) is 6.05. The van der Waals surface area contributed by atoms with Crippen LogP contribution >= 0.6 is 11.3 Å². The van der Waals surface area contributed by atoms with E-state index in [0.717, 1.165) is 50.4 Å². The Balaban J connectivity index is 0.000000462. The lowest BCUT2D eigenvalue weighted by Crippen LogP contribution is -2.51. The first-order valence-electron chi connectivity index (χ1n) is 14.8. The van der Waals surface area contributed by atoms with Gasteiger partial charge in [-0.2, -0.15) is 28.4 Å². The number of aromatic nitrogens is 2. The van der Waals surface area contributed by atoms with Gasteiger partial charge in [0.15, 0.2) is 5.82 Å². The van der Waals surface area contributed by atoms with Crippen molar-refractivity contribution in [3.8, 4) is 23.2 Å². The molecule has 2 atom stereocenters. The molecular formula is C31H32F5N7O2S. The molecule has 0 saturated carbocycles. The predicted molar refractivity (Wildman–Crippen MR) is 167 cm³/mol. The Morgan fingerprint density at radius 3 is 2.39 bits per heavy atom. The van der Waals surface area contributed by atoms with Gasteiger partial charge in [0.25, 0.3) is 0 Å². The van der Waals surface area contributed by atoms with E-state index in [0.29, 0.717) is 24.4 Å². The summed E-state index contributed by atoms with van der Waals surface area (Å²) in [4.78, 5) is 20.4. The predicted octanol–water partition coefficient (Wildman–Crippen LogP) is 6.13. The molecule has 9 nitrogen and oxygen atoms in total. The summed E-state index contributed by atoms with van der Waals surface area (Å²) in [6.45, 7) is 5.85. The molecule has 7 rings (SSSR count). The van der Waals surface area contributed by atoms with Crippen LogP contribution in [0.3, 0.4) is 0 Å². The monoisotopic (exact) mass is 661 g/mol. The molecule has 3 aliphatic rings. The number of thiophene rings is 1. The van der Waals surface area contributed by atoms with Crippen molar-refractivity contribution in [2.75, 3.05) is 37.4 Å². The standard InChI is InChI=1S/C25H19F5N6OS.C4H7NO.C2H6/c1-37-24-34-20-13(23(35-24)36-8-10-2-3-11(9-36)33-10)6-15(25(28,29)30)18(19(20)27)12-4-5-16(26)21-17(12)14(7-31)22(32)38-21;6-4-2-1-3-5-4;1-2/h4-6,10-11,33H,2-3,8-9,32H2,1H3;1-3H2,(H,5,6);1-2H3. The van der Waals surface area contributed by atoms with Crippen LogP contribution < -0.4 is 26.0 Å². The molecule has 2 bridgehead atoms. The van der Waals surface area contributed by atoms with E-state index in [1.807, 2.05) is 24.8 Å². The average molecular weight is 662 g/mol. The number of nitrogen functional groups attached to an aromatic ring is 1. The molecule has 2 unspecified atom stereocenters. The molecule has 15 heteroatoms. The van der Waals surface area contributed by atoms with Crippen LogP contribution in [0.4, 0.5) is 32.8 Å². The molecule has 2 aromatic heterocycles. The van der Waals surface area contributed by atoms with E-state index in [1.165, 1.54) is 7.11 Å². The number of hydrogen-bond donors (Lipinski definition) is 3. The number of nitrogens with one attached hydrogen (secondary N) is 2. The number of nitrogens with two attached hydrogens (primary N) is 1. The number of nitriles is 1. The molecule has 0 spiro atoms. The number of rotatable bonds is 3. The summed E-state index contributed by atoms with van der Waals surface area (Å²) in [7, 11) is 1.28. The van der Waals surface area contributed by atoms with Gasteiger partial charge in [-0.15, -0.1) is 11.3 Å². The third kappa shape index (κ3) is 6.11. The van der Waals surface area contributed by atoms with Gasteiger partial charge in [-0.05, 0) is 37.0 Å². The van der Waals surface area contributed by atoms with Crippen LogP contribution in [0.2, 0.25) is 0 Å². The molecule has 2 aromatic carbocycles. The second-order valence-electron chi connectivity index (χ2n) is 10.8. The third-order valence-corrected chi connectivity index (χ3v) is 9.02. The van der Waals surface area contributed by atoms with Gasteiger partial charge in [0.2, 0.25) is 5.91 Å². The summed E-state index contributed by atoms with van der Waals surface area (Å²) in [5.74, 6) is -1.72. The number of benzene rings is 2. The SMILES string of the molecule is CC.COc1nc(N2CC3CCC(C2)N3)c2cc(C(F)(F)F)c(-c3ccc(F)c4sc(N)c(C#N)c34)c(F)c2n1.O=C1CCCN1. The topological polar surface area (TPSA) is 129 Å². The van der Waals surface area contributed by atoms with Crippen LogP contribution in [0.25, 0.3) is 32.1 Å². The van der Waals surface area contributed by atoms with Gasteiger partial charge in [0.05, 0.1) is 22.9 Å². The van der Waals surface area contributed by atoms with Crippen molar-refractivity contribution in [1.29, 1.82) is 5.26 Å². The van der Waals surface area contributed by atoms with Crippen molar-refractivity contribution in [1.82, 2.24) is 20.6 Å². The summed E-state index contributed by atoms with van der Waals surface area (Å²) in [6.07, 6.45) is -1.41. The van der Waals surface area contributed by atoms with E-state index in [-0.39, 0.29) is 66.9 Å². The minimum atomic E-state index is -5.00. The van der Waals surface area contributed by atoms with E-state index in [1.54, 1.807) is 0 Å². The number of anilines is 2. The zero-order valence-corrected chi connectivity index (χ0v) is 26.1. The first-order valence-corrected chi connectivity index (χ1v) is 15.7. The van der Waals surface area contributed by atoms with Crippen molar-refractivity contribution < 1.29 is 31.5 Å². The first-order chi connectivity index (χ1) is 22.0. The highest BCUT2D eigenvalue weighted by molar-refractivity contribution is 7.23. The second-order valence-corrected chi connectivity index (χ2v) is 11.8. The Morgan fingerprint density at radius 2 is 1.85 bits per heavy atom. The molecule has 1 amide bonds. The second kappa shape index (κ2) is 13.2. The number of carbonyl (C=O) groups is 1. The summed E-state index contributed by atoms with van der Waals surface area (Å²) in [5.41, 5.74) is 2.82. The number of amides is 1. The Hall–Kier alpha value is -4.29. The maximum absolute atomic E-state index is 16.4. The lowest BCUT2D eigenvalue weighted by Gasteiger charge is -2.34. The Labute approximate surface area is 265 Å². The lowest BCUT2D eigenvalue weighted by molar-refractivity contribution is -0.137. The minimum Gasteiger partial charge on any atom is -0.467 e. The van der Waals surface area contributed by atoms with Gasteiger partial charge < -0.3 is 26.0 Å². The zero-order chi connectivity index (χ0) is 33.3. The molecule has 3 fully saturated rings. The largest absolute Gasteiger partial charge is 0.467 e. The van der Waals surface area contributed by atoms with Crippen LogP contribution in [-0.2, 0) is 11.0 Å². The number of nitrogens with zero attached hydrogens (tertiary/aromatic N) is 4. The van der Waals surface area contributed by atoms with Gasteiger partial charge in [-0.3, -0.25) is 4.79 Å². The highest BCUT2D eigenvalue weighted by atomic mass is 32.1. The number of hydrogen-bond acceptors (Lipinski definition) is 9. The highest BCUT2D eigenvalue weighted by Crippen LogP contribution is 2.48. The quantitative estimate of drug-likeness (QED) is 0.224. The maximum Gasteiger partial charge on any atom is 0.417 e. The summed E-state index contributed by atoms with van der Waals surface area (Å²) >= 11 is 0.714. The summed E-state index contributed by atoms with van der Waals surface area (Å²) in [5, 5.41) is 15.4. The number of alkyl halides is 3. The number of ether oxygens (including phenoxy) is 1. The molecule has 46 heavy (non-hydrogen) atoms. The molecule has 3 aliphatic heterocycles. The van der Waals surface area contributed by atoms with Crippen molar-refractivity contribution in [2.24, 2.45) is 0 Å². The van der Waals surface area contributed by atoms with Gasteiger partial charge in [0.1, 0.15) is 28.2 Å². The average Bonchev–Trinajstić information content (AvgIpc) is 3.75. The number of carbonyl (C=O) groups excluding carboxylic acids is 1. The normalized spacial score (nSPS) is 18.8. The van der Waals surface area contributed by atoms with E-state index >= 15 is 4.39 Å². The van der Waals surface area contributed by atoms with Crippen molar-refractivity contribution in [2.45, 2.75) is 57.8 Å². The Kier molecular flexibility index (Phi) is 9.50.